The highest BCUT2D eigenvalue weighted by Gasteiger charge is 2.59. The van der Waals surface area contributed by atoms with Crippen molar-refractivity contribution in [2.24, 2.45) is 5.92 Å². The molecule has 0 aromatic carbocycles. The standard InChI is InChI=1S/C8H13N.C6H10F3NO.C3H8/c9-7-6-8-4-2-1-3-5-8;1-2-11-5(3-10-4-5)6(7,8)9;1-3-2/h8H,1-6H2;10H,2-4H2,1H3;3H2,1-2H3. The van der Waals surface area contributed by atoms with Crippen molar-refractivity contribution in [2.45, 2.75) is 77.5 Å². The summed E-state index contributed by atoms with van der Waals surface area (Å²) in [5, 5.41) is 10.9. The average Bonchev–Trinajstić information content (AvgIpc) is 2.44. The molecule has 0 bridgehead atoms. The van der Waals surface area contributed by atoms with E-state index in [1.165, 1.54) is 38.5 Å². The molecule has 136 valence electrons. The monoisotopic (exact) mass is 336 g/mol. The fraction of sp³-hybridized carbons (Fsp3) is 0.941. The Kier molecular flexibility index (Phi) is 11.3. The number of alkyl halides is 3. The molecule has 1 aliphatic carbocycles. The van der Waals surface area contributed by atoms with Gasteiger partial charge in [-0.15, -0.1) is 0 Å². The fourth-order valence-corrected chi connectivity index (χ4v) is 2.53. The lowest BCUT2D eigenvalue weighted by atomic mass is 9.87. The van der Waals surface area contributed by atoms with Crippen LogP contribution in [-0.4, -0.2) is 31.5 Å². The second-order valence-electron chi connectivity index (χ2n) is 6.10. The summed E-state index contributed by atoms with van der Waals surface area (Å²) in [6.07, 6.45) is 4.50. The van der Waals surface area contributed by atoms with Crippen LogP contribution in [0.1, 0.15) is 65.7 Å². The van der Waals surface area contributed by atoms with Gasteiger partial charge >= 0.3 is 6.18 Å². The number of nitrogens with zero attached hydrogens (tertiary/aromatic N) is 1. The van der Waals surface area contributed by atoms with E-state index < -0.39 is 11.8 Å². The van der Waals surface area contributed by atoms with E-state index >= 15 is 0 Å². The topological polar surface area (TPSA) is 45.0 Å². The first-order valence-electron chi connectivity index (χ1n) is 8.65. The molecule has 3 nitrogen and oxygen atoms in total. The molecular formula is C17H31F3N2O. The lowest BCUT2D eigenvalue weighted by Crippen LogP contribution is -2.69. The molecule has 6 heteroatoms. The maximum absolute atomic E-state index is 12.2. The third kappa shape index (κ3) is 8.03. The summed E-state index contributed by atoms with van der Waals surface area (Å²) in [5.74, 6) is 0.740. The number of nitriles is 1. The first kappa shape index (κ1) is 22.2. The highest BCUT2D eigenvalue weighted by atomic mass is 19.4. The summed E-state index contributed by atoms with van der Waals surface area (Å²) in [5.41, 5.74) is -1.90. The van der Waals surface area contributed by atoms with Crippen molar-refractivity contribution in [1.82, 2.24) is 5.32 Å². The highest BCUT2D eigenvalue weighted by molar-refractivity contribution is 5.00. The molecule has 0 atom stereocenters. The quantitative estimate of drug-likeness (QED) is 0.803. The SMILES string of the molecule is CCC.CCOC1(C(F)(F)F)CNC1.N#CCC1CCCCC1. The van der Waals surface area contributed by atoms with Gasteiger partial charge in [-0.05, 0) is 25.7 Å². The van der Waals surface area contributed by atoms with Crippen molar-refractivity contribution in [1.29, 1.82) is 5.26 Å². The molecule has 2 rings (SSSR count). The van der Waals surface area contributed by atoms with Crippen LogP contribution in [0.5, 0.6) is 0 Å². The zero-order valence-corrected chi connectivity index (χ0v) is 14.6. The van der Waals surface area contributed by atoms with E-state index in [0.717, 1.165) is 12.3 Å². The minimum atomic E-state index is -4.24. The first-order chi connectivity index (χ1) is 10.9. The van der Waals surface area contributed by atoms with E-state index in [1.807, 2.05) is 0 Å². The summed E-state index contributed by atoms with van der Waals surface area (Å²) in [7, 11) is 0. The third-order valence-electron chi connectivity index (χ3n) is 3.86. The van der Waals surface area contributed by atoms with Crippen LogP contribution in [0.4, 0.5) is 13.2 Å². The van der Waals surface area contributed by atoms with E-state index in [2.05, 4.69) is 30.0 Å². The Hall–Kier alpha value is -0.800. The predicted molar refractivity (Wildman–Crippen MR) is 86.1 cm³/mol. The molecule has 1 saturated heterocycles. The molecule has 1 aliphatic heterocycles. The zero-order valence-electron chi connectivity index (χ0n) is 14.6. The summed E-state index contributed by atoms with van der Waals surface area (Å²) >= 11 is 0. The lowest BCUT2D eigenvalue weighted by Gasteiger charge is -2.42. The molecule has 0 aromatic heterocycles. The molecule has 0 amide bonds. The third-order valence-corrected chi connectivity index (χ3v) is 3.86. The van der Waals surface area contributed by atoms with Crippen LogP contribution in [0, 0.1) is 17.2 Å². The molecule has 2 aliphatic rings. The average molecular weight is 336 g/mol. The van der Waals surface area contributed by atoms with Crippen molar-refractivity contribution in [3.8, 4) is 6.07 Å². The number of nitrogens with one attached hydrogen (secondary N) is 1. The van der Waals surface area contributed by atoms with Gasteiger partial charge in [0.1, 0.15) is 0 Å². The molecule has 1 saturated carbocycles. The van der Waals surface area contributed by atoms with Gasteiger partial charge in [0.2, 0.25) is 0 Å². The van der Waals surface area contributed by atoms with Crippen LogP contribution >= 0.6 is 0 Å². The molecule has 23 heavy (non-hydrogen) atoms. The van der Waals surface area contributed by atoms with Gasteiger partial charge in [-0.3, -0.25) is 0 Å². The van der Waals surface area contributed by atoms with Crippen molar-refractivity contribution in [3.05, 3.63) is 0 Å². The Morgan fingerprint density at radius 1 is 1.13 bits per heavy atom. The Labute approximate surface area is 138 Å². The zero-order chi connectivity index (χ0) is 17.8. The van der Waals surface area contributed by atoms with Crippen LogP contribution in [0.25, 0.3) is 0 Å². The number of rotatable bonds is 3. The van der Waals surface area contributed by atoms with Gasteiger partial charge in [-0.2, -0.15) is 18.4 Å². The van der Waals surface area contributed by atoms with Crippen molar-refractivity contribution in [3.63, 3.8) is 0 Å². The smallest absolute Gasteiger partial charge is 0.363 e. The van der Waals surface area contributed by atoms with Crippen molar-refractivity contribution < 1.29 is 17.9 Å². The Morgan fingerprint density at radius 2 is 1.65 bits per heavy atom. The van der Waals surface area contributed by atoms with Crippen LogP contribution < -0.4 is 5.32 Å². The van der Waals surface area contributed by atoms with Crippen molar-refractivity contribution in [2.75, 3.05) is 19.7 Å². The Bertz CT molecular complexity index is 330. The molecular weight excluding hydrogens is 305 g/mol. The van der Waals surface area contributed by atoms with Crippen LogP contribution in [0.2, 0.25) is 0 Å². The highest BCUT2D eigenvalue weighted by Crippen LogP contribution is 2.36. The van der Waals surface area contributed by atoms with Crippen LogP contribution in [0.15, 0.2) is 0 Å². The largest absolute Gasteiger partial charge is 0.419 e. The van der Waals surface area contributed by atoms with Crippen molar-refractivity contribution >= 4 is 0 Å². The number of hydrogen-bond acceptors (Lipinski definition) is 3. The van der Waals surface area contributed by atoms with Crippen LogP contribution in [0.3, 0.4) is 0 Å². The second kappa shape index (κ2) is 11.7. The summed E-state index contributed by atoms with van der Waals surface area (Å²) < 4.78 is 41.2. The van der Waals surface area contributed by atoms with Crippen LogP contribution in [-0.2, 0) is 4.74 Å². The van der Waals surface area contributed by atoms with Gasteiger partial charge in [0.15, 0.2) is 5.60 Å². The maximum Gasteiger partial charge on any atom is 0.419 e. The van der Waals surface area contributed by atoms with E-state index in [1.54, 1.807) is 6.92 Å². The van der Waals surface area contributed by atoms with Gasteiger partial charge in [0.25, 0.3) is 0 Å². The van der Waals surface area contributed by atoms with Gasteiger partial charge in [0.05, 0.1) is 6.07 Å². The number of hydrogen-bond donors (Lipinski definition) is 1. The van der Waals surface area contributed by atoms with Gasteiger partial charge in [-0.25, -0.2) is 0 Å². The summed E-state index contributed by atoms with van der Waals surface area (Å²) in [6.45, 7) is 5.67. The molecule has 0 radical (unpaired) electrons. The second-order valence-corrected chi connectivity index (χ2v) is 6.10. The molecule has 0 aromatic rings. The molecule has 1 N–H and O–H groups in total. The van der Waals surface area contributed by atoms with Gasteiger partial charge in [-0.1, -0.05) is 39.5 Å². The van der Waals surface area contributed by atoms with E-state index in [-0.39, 0.29) is 19.7 Å². The molecule has 1 heterocycles. The van der Waals surface area contributed by atoms with E-state index in [4.69, 9.17) is 5.26 Å². The van der Waals surface area contributed by atoms with Gasteiger partial charge in [0, 0.05) is 26.1 Å². The molecule has 0 unspecified atom stereocenters. The normalized spacial score (nSPS) is 20.0. The lowest BCUT2D eigenvalue weighted by molar-refractivity contribution is -0.291. The number of ether oxygens (including phenoxy) is 1. The molecule has 2 fully saturated rings. The minimum Gasteiger partial charge on any atom is -0.363 e. The maximum atomic E-state index is 12.2. The molecule has 0 spiro atoms. The van der Waals surface area contributed by atoms with E-state index in [9.17, 15) is 13.2 Å². The van der Waals surface area contributed by atoms with Gasteiger partial charge < -0.3 is 10.1 Å². The minimum absolute atomic E-state index is 0.0984. The summed E-state index contributed by atoms with van der Waals surface area (Å²) in [6, 6.07) is 2.24. The Morgan fingerprint density at radius 3 is 1.91 bits per heavy atom. The fourth-order valence-electron chi connectivity index (χ4n) is 2.53. The predicted octanol–water partition coefficient (Wildman–Crippen LogP) is 4.82. The summed E-state index contributed by atoms with van der Waals surface area (Å²) in [4.78, 5) is 0. The first-order valence-corrected chi connectivity index (χ1v) is 8.65. The Balaban J connectivity index is 0.000000365. The van der Waals surface area contributed by atoms with E-state index in [0.29, 0.717) is 0 Å². The number of halogens is 3.